The zero-order valence-electron chi connectivity index (χ0n) is 8.89. The second-order valence-corrected chi connectivity index (χ2v) is 3.53. The van der Waals surface area contributed by atoms with Crippen molar-refractivity contribution in [3.63, 3.8) is 0 Å². The van der Waals surface area contributed by atoms with Crippen LogP contribution in [-0.4, -0.2) is 12.4 Å². The highest BCUT2D eigenvalue weighted by molar-refractivity contribution is 6.32. The fourth-order valence-electron chi connectivity index (χ4n) is 1.43. The summed E-state index contributed by atoms with van der Waals surface area (Å²) in [4.78, 5) is 11.3. The number of rotatable bonds is 4. The Bertz CT molecular complexity index is 405. The van der Waals surface area contributed by atoms with Gasteiger partial charge in [0.2, 0.25) is 0 Å². The molecule has 0 heterocycles. The molecule has 88 valence electrons. The molecule has 0 fully saturated rings. The molecule has 0 atom stereocenters. The highest BCUT2D eigenvalue weighted by Gasteiger charge is 2.23. The predicted octanol–water partition coefficient (Wildman–Crippen LogP) is 3.88. The standard InChI is InChI=1S/C11H11ClF2O2/c1-3-16-8-5-4-7(12)10(11(13)14)9(8)6(2)15/h4-5,11H,3H2,1-2H3. The average molecular weight is 249 g/mol. The van der Waals surface area contributed by atoms with E-state index in [0.717, 1.165) is 0 Å². The summed E-state index contributed by atoms with van der Waals surface area (Å²) in [5, 5.41) is -0.122. The van der Waals surface area contributed by atoms with Gasteiger partial charge in [-0.05, 0) is 26.0 Å². The molecule has 1 aromatic rings. The summed E-state index contributed by atoms with van der Waals surface area (Å²) in [6.45, 7) is 3.21. The van der Waals surface area contributed by atoms with Gasteiger partial charge in [0.05, 0.1) is 22.8 Å². The van der Waals surface area contributed by atoms with Gasteiger partial charge in [-0.3, -0.25) is 4.79 Å². The number of alkyl halides is 2. The quantitative estimate of drug-likeness (QED) is 0.756. The molecule has 0 unspecified atom stereocenters. The van der Waals surface area contributed by atoms with Crippen LogP contribution < -0.4 is 4.74 Å². The molecule has 0 saturated carbocycles. The van der Waals surface area contributed by atoms with Gasteiger partial charge >= 0.3 is 0 Å². The number of hydrogen-bond donors (Lipinski definition) is 0. The summed E-state index contributed by atoms with van der Waals surface area (Å²) in [6, 6.07) is 2.73. The molecule has 1 rings (SSSR count). The highest BCUT2D eigenvalue weighted by atomic mass is 35.5. The molecule has 0 aliphatic heterocycles. The van der Waals surface area contributed by atoms with Crippen molar-refractivity contribution in [3.8, 4) is 5.75 Å². The molecule has 0 saturated heterocycles. The topological polar surface area (TPSA) is 26.3 Å². The first kappa shape index (κ1) is 12.9. The van der Waals surface area contributed by atoms with E-state index in [1.165, 1.54) is 19.1 Å². The van der Waals surface area contributed by atoms with Gasteiger partial charge in [0.1, 0.15) is 5.75 Å². The molecule has 1 aromatic carbocycles. The van der Waals surface area contributed by atoms with Crippen molar-refractivity contribution in [2.24, 2.45) is 0 Å². The van der Waals surface area contributed by atoms with Crippen LogP contribution in [-0.2, 0) is 0 Å². The van der Waals surface area contributed by atoms with Gasteiger partial charge in [-0.1, -0.05) is 11.6 Å². The first-order valence-corrected chi connectivity index (χ1v) is 5.11. The molecule has 0 aliphatic carbocycles. The van der Waals surface area contributed by atoms with Crippen molar-refractivity contribution in [1.29, 1.82) is 0 Å². The van der Waals surface area contributed by atoms with Crippen LogP contribution in [0, 0.1) is 0 Å². The van der Waals surface area contributed by atoms with Gasteiger partial charge in [0.15, 0.2) is 5.78 Å². The number of halogens is 3. The summed E-state index contributed by atoms with van der Waals surface area (Å²) in [7, 11) is 0. The van der Waals surface area contributed by atoms with Crippen molar-refractivity contribution in [2.75, 3.05) is 6.61 Å². The lowest BCUT2D eigenvalue weighted by atomic mass is 10.0. The SMILES string of the molecule is CCOc1ccc(Cl)c(C(F)F)c1C(C)=O. The van der Waals surface area contributed by atoms with Crippen LogP contribution in [0.3, 0.4) is 0 Å². The second kappa shape index (κ2) is 5.25. The first-order chi connectivity index (χ1) is 7.49. The van der Waals surface area contributed by atoms with E-state index in [0.29, 0.717) is 6.61 Å². The smallest absolute Gasteiger partial charge is 0.266 e. The Morgan fingerprint density at radius 2 is 2.12 bits per heavy atom. The van der Waals surface area contributed by atoms with Gasteiger partial charge in [-0.15, -0.1) is 0 Å². The summed E-state index contributed by atoms with van der Waals surface area (Å²) in [5.41, 5.74) is -0.593. The minimum Gasteiger partial charge on any atom is -0.493 e. The van der Waals surface area contributed by atoms with E-state index in [4.69, 9.17) is 16.3 Å². The molecule has 0 amide bonds. The molecule has 5 heteroatoms. The second-order valence-electron chi connectivity index (χ2n) is 3.12. The summed E-state index contributed by atoms with van der Waals surface area (Å²) in [6.07, 6.45) is -2.80. The molecule has 0 spiro atoms. The maximum atomic E-state index is 12.8. The van der Waals surface area contributed by atoms with E-state index >= 15 is 0 Å². The van der Waals surface area contributed by atoms with Crippen molar-refractivity contribution < 1.29 is 18.3 Å². The van der Waals surface area contributed by atoms with Gasteiger partial charge < -0.3 is 4.74 Å². The number of ketones is 1. The Morgan fingerprint density at radius 1 is 1.50 bits per heavy atom. The lowest BCUT2D eigenvalue weighted by Gasteiger charge is -2.13. The van der Waals surface area contributed by atoms with Crippen molar-refractivity contribution in [1.82, 2.24) is 0 Å². The van der Waals surface area contributed by atoms with Crippen LogP contribution in [0.1, 0.15) is 36.2 Å². The van der Waals surface area contributed by atoms with E-state index in [1.54, 1.807) is 6.92 Å². The first-order valence-electron chi connectivity index (χ1n) is 4.73. The molecule has 0 radical (unpaired) electrons. The Morgan fingerprint density at radius 3 is 2.56 bits per heavy atom. The van der Waals surface area contributed by atoms with E-state index in [-0.39, 0.29) is 16.3 Å². The van der Waals surface area contributed by atoms with Gasteiger partial charge in [-0.2, -0.15) is 0 Å². The van der Waals surface area contributed by atoms with Crippen LogP contribution in [0.5, 0.6) is 5.75 Å². The third kappa shape index (κ3) is 2.50. The highest BCUT2D eigenvalue weighted by Crippen LogP contribution is 2.36. The number of ether oxygens (including phenoxy) is 1. The largest absolute Gasteiger partial charge is 0.493 e. The maximum Gasteiger partial charge on any atom is 0.266 e. The summed E-state index contributed by atoms with van der Waals surface area (Å²) >= 11 is 5.65. The maximum absolute atomic E-state index is 12.8. The van der Waals surface area contributed by atoms with Gasteiger partial charge in [-0.25, -0.2) is 8.78 Å². The lowest BCUT2D eigenvalue weighted by Crippen LogP contribution is -2.06. The molecule has 0 aliphatic rings. The van der Waals surface area contributed by atoms with Gasteiger partial charge in [0, 0.05) is 0 Å². The molecule has 16 heavy (non-hydrogen) atoms. The third-order valence-electron chi connectivity index (χ3n) is 2.02. The number of carbonyl (C=O) groups excluding carboxylic acids is 1. The third-order valence-corrected chi connectivity index (χ3v) is 2.35. The normalized spacial score (nSPS) is 10.6. The van der Waals surface area contributed by atoms with E-state index < -0.39 is 17.8 Å². The Hall–Kier alpha value is -1.16. The van der Waals surface area contributed by atoms with Crippen LogP contribution in [0.2, 0.25) is 5.02 Å². The van der Waals surface area contributed by atoms with Gasteiger partial charge in [0.25, 0.3) is 6.43 Å². The Kier molecular flexibility index (Phi) is 4.24. The van der Waals surface area contributed by atoms with Crippen molar-refractivity contribution >= 4 is 17.4 Å². The number of hydrogen-bond acceptors (Lipinski definition) is 2. The fourth-order valence-corrected chi connectivity index (χ4v) is 1.67. The number of carbonyl (C=O) groups is 1. The van der Waals surface area contributed by atoms with Crippen LogP contribution >= 0.6 is 11.6 Å². The molecular formula is C11H11ClF2O2. The summed E-state index contributed by atoms with van der Waals surface area (Å²) in [5.74, 6) is -0.337. The van der Waals surface area contributed by atoms with Crippen molar-refractivity contribution in [3.05, 3.63) is 28.3 Å². The Balaban J connectivity index is 3.43. The molecule has 2 nitrogen and oxygen atoms in total. The molecular weight excluding hydrogens is 238 g/mol. The van der Waals surface area contributed by atoms with Crippen LogP contribution in [0.4, 0.5) is 8.78 Å². The van der Waals surface area contributed by atoms with Crippen LogP contribution in [0.25, 0.3) is 0 Å². The minimum atomic E-state index is -2.80. The zero-order valence-corrected chi connectivity index (χ0v) is 9.65. The van der Waals surface area contributed by atoms with E-state index in [1.807, 2.05) is 0 Å². The minimum absolute atomic E-state index is 0.122. The number of benzene rings is 1. The molecule has 0 bridgehead atoms. The molecule has 0 N–H and O–H groups in total. The van der Waals surface area contributed by atoms with Crippen LogP contribution in [0.15, 0.2) is 12.1 Å². The molecule has 0 aromatic heterocycles. The van der Waals surface area contributed by atoms with E-state index in [9.17, 15) is 13.6 Å². The lowest BCUT2D eigenvalue weighted by molar-refractivity contribution is 0.0994. The van der Waals surface area contributed by atoms with E-state index in [2.05, 4.69) is 0 Å². The summed E-state index contributed by atoms with van der Waals surface area (Å²) < 4.78 is 30.7. The predicted molar refractivity (Wildman–Crippen MR) is 57.6 cm³/mol. The fraction of sp³-hybridized carbons (Fsp3) is 0.364. The zero-order chi connectivity index (χ0) is 12.3. The van der Waals surface area contributed by atoms with Crippen molar-refractivity contribution in [2.45, 2.75) is 20.3 Å². The monoisotopic (exact) mass is 248 g/mol. The average Bonchev–Trinajstić information content (AvgIpc) is 2.19. The Labute approximate surface area is 97.2 Å². The number of Topliss-reactive ketones (excluding diaryl/α,β-unsaturated/α-hetero) is 1.